The van der Waals surface area contributed by atoms with Crippen LogP contribution in [0.4, 0.5) is 5.82 Å². The number of aromatic nitrogens is 2. The molecule has 1 aromatic carbocycles. The number of nitrogens with zero attached hydrogens (tertiary/aromatic N) is 3. The first kappa shape index (κ1) is 17.7. The summed E-state index contributed by atoms with van der Waals surface area (Å²) in [6, 6.07) is 10.2. The summed E-state index contributed by atoms with van der Waals surface area (Å²) in [6.07, 6.45) is 1.81. The van der Waals surface area contributed by atoms with Gasteiger partial charge in [0, 0.05) is 30.2 Å². The lowest BCUT2D eigenvalue weighted by Gasteiger charge is -2.38. The Balaban J connectivity index is 1.89. The van der Waals surface area contributed by atoms with E-state index in [1.54, 1.807) is 0 Å². The molecule has 1 aliphatic rings. The number of nitrogens with one attached hydrogen (secondary N) is 1. The number of hydrogen-bond donors (Lipinski definition) is 1. The molecule has 2 aromatic rings. The van der Waals surface area contributed by atoms with E-state index < -0.39 is 0 Å². The molecule has 25 heavy (non-hydrogen) atoms. The molecule has 1 saturated heterocycles. The van der Waals surface area contributed by atoms with E-state index in [4.69, 9.17) is 16.3 Å². The van der Waals surface area contributed by atoms with Crippen molar-refractivity contribution in [3.05, 3.63) is 51.7 Å². The normalized spacial score (nSPS) is 16.2. The van der Waals surface area contributed by atoms with E-state index in [1.807, 2.05) is 26.0 Å². The van der Waals surface area contributed by atoms with Gasteiger partial charge >= 0.3 is 0 Å². The molecule has 3 rings (SSSR count). The van der Waals surface area contributed by atoms with E-state index in [0.29, 0.717) is 31.1 Å². The van der Waals surface area contributed by atoms with Gasteiger partial charge in [-0.2, -0.15) is 10.4 Å². The highest BCUT2D eigenvalue weighted by molar-refractivity contribution is 6.30. The van der Waals surface area contributed by atoms with Gasteiger partial charge < -0.3 is 10.1 Å². The summed E-state index contributed by atoms with van der Waals surface area (Å²) >= 11 is 6.05. The van der Waals surface area contributed by atoms with Crippen LogP contribution in [0.15, 0.2) is 24.3 Å². The van der Waals surface area contributed by atoms with E-state index in [0.717, 1.165) is 29.1 Å². The monoisotopic (exact) mass is 356 g/mol. The predicted molar refractivity (Wildman–Crippen MR) is 97.9 cm³/mol. The Morgan fingerprint density at radius 3 is 2.52 bits per heavy atom. The van der Waals surface area contributed by atoms with Crippen LogP contribution in [0, 0.1) is 25.2 Å². The number of benzene rings is 1. The van der Waals surface area contributed by atoms with Crippen LogP contribution >= 0.6 is 11.6 Å². The minimum atomic E-state index is -0.0734. The molecule has 2 heterocycles. The quantitative estimate of drug-likeness (QED) is 0.902. The molecule has 1 N–H and O–H groups in total. The molecule has 0 unspecified atom stereocenters. The van der Waals surface area contributed by atoms with Crippen molar-refractivity contribution in [1.82, 2.24) is 10.2 Å². The zero-order chi connectivity index (χ0) is 17.9. The fraction of sp³-hybridized carbons (Fsp3) is 0.421. The average molecular weight is 357 g/mol. The standard InChI is InChI=1S/C19H21ClN4O/c1-13-14(2)23-24-18(17(13)11-21)22-12-19(7-9-25-10-8-19)15-3-5-16(20)6-4-15/h3-6H,7-10,12H2,1-2H3,(H,22,24). The van der Waals surface area contributed by atoms with Gasteiger partial charge in [-0.3, -0.25) is 0 Å². The maximum atomic E-state index is 9.48. The second-order valence-corrected chi connectivity index (χ2v) is 6.94. The molecule has 0 spiro atoms. The van der Waals surface area contributed by atoms with Crippen molar-refractivity contribution < 1.29 is 4.74 Å². The van der Waals surface area contributed by atoms with Crippen LogP contribution in [0.25, 0.3) is 0 Å². The van der Waals surface area contributed by atoms with Gasteiger partial charge in [0.1, 0.15) is 11.6 Å². The summed E-state index contributed by atoms with van der Waals surface area (Å²) in [5.74, 6) is 0.547. The smallest absolute Gasteiger partial charge is 0.166 e. The molecule has 0 radical (unpaired) electrons. The van der Waals surface area contributed by atoms with Crippen LogP contribution in [-0.4, -0.2) is 30.0 Å². The molecular weight excluding hydrogens is 336 g/mol. The van der Waals surface area contributed by atoms with Gasteiger partial charge in [0.15, 0.2) is 5.82 Å². The molecule has 130 valence electrons. The van der Waals surface area contributed by atoms with Crippen molar-refractivity contribution in [1.29, 1.82) is 5.26 Å². The molecule has 0 amide bonds. The third kappa shape index (κ3) is 3.60. The first-order valence-corrected chi connectivity index (χ1v) is 8.75. The van der Waals surface area contributed by atoms with Gasteiger partial charge in [-0.25, -0.2) is 0 Å². The highest BCUT2D eigenvalue weighted by atomic mass is 35.5. The summed E-state index contributed by atoms with van der Waals surface area (Å²) in [5.41, 5.74) is 3.36. The van der Waals surface area contributed by atoms with Gasteiger partial charge in [0.25, 0.3) is 0 Å². The summed E-state index contributed by atoms with van der Waals surface area (Å²) in [6.45, 7) is 5.86. The van der Waals surface area contributed by atoms with Gasteiger partial charge in [0.2, 0.25) is 0 Å². The Kier molecular flexibility index (Phi) is 5.22. The van der Waals surface area contributed by atoms with Crippen LogP contribution in [0.1, 0.15) is 35.2 Å². The summed E-state index contributed by atoms with van der Waals surface area (Å²) in [7, 11) is 0. The molecule has 6 heteroatoms. The molecule has 1 fully saturated rings. The number of anilines is 1. The lowest BCUT2D eigenvalue weighted by molar-refractivity contribution is 0.0543. The molecule has 5 nitrogen and oxygen atoms in total. The molecule has 0 atom stereocenters. The van der Waals surface area contributed by atoms with Crippen LogP contribution in [-0.2, 0) is 10.2 Å². The molecule has 1 aliphatic heterocycles. The van der Waals surface area contributed by atoms with E-state index in [-0.39, 0.29) is 5.41 Å². The Morgan fingerprint density at radius 1 is 1.20 bits per heavy atom. The maximum Gasteiger partial charge on any atom is 0.166 e. The first-order valence-electron chi connectivity index (χ1n) is 8.37. The van der Waals surface area contributed by atoms with Crippen LogP contribution in [0.2, 0.25) is 5.02 Å². The van der Waals surface area contributed by atoms with E-state index in [9.17, 15) is 5.26 Å². The first-order chi connectivity index (χ1) is 12.1. The number of nitriles is 1. The summed E-state index contributed by atoms with van der Waals surface area (Å²) < 4.78 is 5.57. The zero-order valence-corrected chi connectivity index (χ0v) is 15.2. The lowest BCUT2D eigenvalue weighted by Crippen LogP contribution is -2.40. The van der Waals surface area contributed by atoms with Gasteiger partial charge in [0.05, 0.1) is 5.69 Å². The number of ether oxygens (including phenoxy) is 1. The van der Waals surface area contributed by atoms with Gasteiger partial charge in [-0.15, -0.1) is 5.10 Å². The second-order valence-electron chi connectivity index (χ2n) is 6.50. The molecule has 0 bridgehead atoms. The molecule has 0 aliphatic carbocycles. The zero-order valence-electron chi connectivity index (χ0n) is 14.5. The third-order valence-corrected chi connectivity index (χ3v) is 5.32. The van der Waals surface area contributed by atoms with E-state index >= 15 is 0 Å². The lowest BCUT2D eigenvalue weighted by atomic mass is 9.74. The molecule has 0 saturated carbocycles. The maximum absolute atomic E-state index is 9.48. The summed E-state index contributed by atoms with van der Waals surface area (Å²) in [5, 5.41) is 21.9. The Labute approximate surface area is 153 Å². The SMILES string of the molecule is Cc1nnc(NCC2(c3ccc(Cl)cc3)CCOCC2)c(C#N)c1C. The third-order valence-electron chi connectivity index (χ3n) is 5.07. The van der Waals surface area contributed by atoms with Crippen molar-refractivity contribution in [3.63, 3.8) is 0 Å². The highest BCUT2D eigenvalue weighted by Gasteiger charge is 2.34. The largest absolute Gasteiger partial charge is 0.381 e. The number of aryl methyl sites for hydroxylation is 1. The fourth-order valence-corrected chi connectivity index (χ4v) is 3.38. The van der Waals surface area contributed by atoms with Crippen molar-refractivity contribution >= 4 is 17.4 Å². The van der Waals surface area contributed by atoms with Crippen LogP contribution < -0.4 is 5.32 Å². The molecule has 1 aromatic heterocycles. The van der Waals surface area contributed by atoms with Gasteiger partial charge in [-0.05, 0) is 49.9 Å². The van der Waals surface area contributed by atoms with E-state index in [1.165, 1.54) is 5.56 Å². The number of halogens is 1. The van der Waals surface area contributed by atoms with Crippen LogP contribution in [0.3, 0.4) is 0 Å². The summed E-state index contributed by atoms with van der Waals surface area (Å²) in [4.78, 5) is 0. The number of rotatable bonds is 4. The Morgan fingerprint density at radius 2 is 1.88 bits per heavy atom. The van der Waals surface area contributed by atoms with E-state index in [2.05, 4.69) is 33.7 Å². The second kappa shape index (κ2) is 7.38. The van der Waals surface area contributed by atoms with Crippen LogP contribution in [0.5, 0.6) is 0 Å². The Bertz CT molecular complexity index is 792. The predicted octanol–water partition coefficient (Wildman–Crippen LogP) is 3.78. The topological polar surface area (TPSA) is 70.8 Å². The average Bonchev–Trinajstić information content (AvgIpc) is 2.64. The van der Waals surface area contributed by atoms with Crippen molar-refractivity contribution in [2.24, 2.45) is 0 Å². The van der Waals surface area contributed by atoms with Crippen molar-refractivity contribution in [2.45, 2.75) is 32.1 Å². The van der Waals surface area contributed by atoms with Crippen molar-refractivity contribution in [2.75, 3.05) is 25.1 Å². The minimum absolute atomic E-state index is 0.0734. The van der Waals surface area contributed by atoms with Crippen molar-refractivity contribution in [3.8, 4) is 6.07 Å². The minimum Gasteiger partial charge on any atom is -0.381 e. The number of hydrogen-bond acceptors (Lipinski definition) is 5. The molecular formula is C19H21ClN4O. The van der Waals surface area contributed by atoms with Gasteiger partial charge in [-0.1, -0.05) is 23.7 Å². The highest BCUT2D eigenvalue weighted by Crippen LogP contribution is 2.36. The fourth-order valence-electron chi connectivity index (χ4n) is 3.26. The Hall–Kier alpha value is -2.16.